The van der Waals surface area contributed by atoms with E-state index in [1.54, 1.807) is 30.3 Å². The predicted molar refractivity (Wildman–Crippen MR) is 629 cm³/mol. The van der Waals surface area contributed by atoms with Crippen molar-refractivity contribution >= 4 is 286 Å². The lowest BCUT2D eigenvalue weighted by atomic mass is 9.91. The Morgan fingerprint density at radius 3 is 0.827 bits per heavy atom. The molecule has 10 nitrogen and oxygen atoms in total. The van der Waals surface area contributed by atoms with Gasteiger partial charge in [0.2, 0.25) is 0 Å². The summed E-state index contributed by atoms with van der Waals surface area (Å²) in [6.07, 6.45) is 0. The smallest absolute Gasteiger partial charge is 0.138 e. The summed E-state index contributed by atoms with van der Waals surface area (Å²) < 4.78 is 25.1. The van der Waals surface area contributed by atoms with Gasteiger partial charge < -0.3 is 49.2 Å². The van der Waals surface area contributed by atoms with Crippen molar-refractivity contribution < 1.29 is 39.4 Å². The van der Waals surface area contributed by atoms with Gasteiger partial charge in [-0.25, -0.2) is 0 Å². The van der Waals surface area contributed by atoms with E-state index >= 15 is 0 Å². The van der Waals surface area contributed by atoms with Gasteiger partial charge in [-0.05, 0) is 281 Å². The average Bonchev–Trinajstić information content (AvgIpc) is 0.737. The minimum absolute atomic E-state index is 0.163. The molecular weight excluding hydrogens is 1950 g/mol. The van der Waals surface area contributed by atoms with Gasteiger partial charge in [-0.1, -0.05) is 307 Å². The molecule has 0 bridgehead atoms. The first kappa shape index (κ1) is 91.0. The second kappa shape index (κ2) is 36.2. The van der Waals surface area contributed by atoms with Gasteiger partial charge >= 0.3 is 0 Å². The summed E-state index contributed by atoms with van der Waals surface area (Å²) in [6, 6.07) is 143. The Hall–Kier alpha value is -17.7. The Labute approximate surface area is 884 Å². The fourth-order valence-corrected chi connectivity index (χ4v) is 24.3. The maximum absolute atomic E-state index is 10.4. The monoisotopic (exact) mass is 2030 g/mol. The number of nitrogens with zero attached hydrogens (tertiary/aromatic N) is 2. The molecule has 716 valence electrons. The number of para-hydroxylation sites is 4. The maximum atomic E-state index is 10.4. The number of benzene rings is 28. The van der Waals surface area contributed by atoms with Crippen molar-refractivity contribution in [2.75, 3.05) is 9.80 Å². The zero-order chi connectivity index (χ0) is 101. The highest BCUT2D eigenvalue weighted by Gasteiger charge is 2.30. The molecule has 0 spiro atoms. The standard InChI is InChI=1S/C42H28N2O.2C19H11ClO.C19H13ClO.C18H9ClO2.C18H11ClO2/c1-5-14-31(15-6-1)43(32-16-7-2-8-17-32)35-26-29-24-25-30-27-37(44(33-18-9-3-10-19-33)34-20-11-4-12-21-34)36-22-13-23-38-42(36)41(30)40(29)39(28-35)45-38;2*1-10-7-11-5-6-12-8-13(20)9-16-17(12)18(11)19-14(10)3-2-4-15(19)21-16;1-11-9-13-6-5-12-10-14(20)7-8-16(12)18(13)19-15(11)3-2-4-17(19)21;19-11-6-9-4-5-10-7-13(20)12-2-1-3-14-18(12)17(10)16(9)15(8-11)21-14;19-12-6-7-13-10(8-12)4-5-11-9-16(21)14-2-1-3-15(20)18(14)17(11)13/h1-28H;2*2-9H,1H3;2-10,21H,1H3;1-8,20H;1-9,20-21H. The van der Waals surface area contributed by atoms with E-state index in [4.69, 9.17) is 77.0 Å². The van der Waals surface area contributed by atoms with Gasteiger partial charge in [0.1, 0.15) is 69.0 Å². The molecule has 0 radical (unpaired) electrons. The fraction of sp³-hybridized carbons (Fsp3) is 0.0222. The SMILES string of the molecule is Cc1cc2ccc3cc(Cl)cc4c3c2c2c(cccc12)O4.Cc1cc2ccc3cc(Cl)cc4c3c2c2c(cccc12)O4.Cc1cc2ccc3cc(Cl)ccc3c2c2c(O)cccc12.Oc1cc2ccc3cc(Cl)cc4c3c2c2c(cccc12)O4.Oc1cc2ccc3cc(Cl)ccc3c2c2c(O)cccc12.c1ccc(N(c2ccccc2)c2cc3c4c(ccc5cc(N(c6ccccc6)c6ccccc6)c6cccc(c6c54)O3)c2)cc1. The molecule has 15 heteroatoms. The summed E-state index contributed by atoms with van der Waals surface area (Å²) in [5, 5.41) is 83.8. The second-order valence-electron chi connectivity index (χ2n) is 38.6. The highest BCUT2D eigenvalue weighted by molar-refractivity contribution is 6.38. The van der Waals surface area contributed by atoms with Crippen molar-refractivity contribution in [1.29, 1.82) is 0 Å². The first-order valence-electron chi connectivity index (χ1n) is 49.4. The van der Waals surface area contributed by atoms with E-state index in [-0.39, 0.29) is 17.2 Å². The molecule has 28 aromatic rings. The number of phenolic OH excluding ortho intramolecular Hbond substituents is 4. The predicted octanol–water partition coefficient (Wildman–Crippen LogP) is 41.3. The molecular formula is C135H83Cl5N2O8. The highest BCUT2D eigenvalue weighted by Crippen LogP contribution is 2.58. The van der Waals surface area contributed by atoms with E-state index in [0.29, 0.717) is 36.6 Å². The first-order valence-corrected chi connectivity index (χ1v) is 51.3. The van der Waals surface area contributed by atoms with Crippen molar-refractivity contribution in [3.8, 4) is 69.0 Å². The summed E-state index contributed by atoms with van der Waals surface area (Å²) >= 11 is 30.8. The number of aryl methyl sites for hydroxylation is 3. The van der Waals surface area contributed by atoms with E-state index in [2.05, 4.69) is 273 Å². The molecule has 32 rings (SSSR count). The number of hydrogen-bond acceptors (Lipinski definition) is 10. The maximum Gasteiger partial charge on any atom is 0.138 e. The summed E-state index contributed by atoms with van der Waals surface area (Å²) in [5.41, 5.74) is 10.3. The summed E-state index contributed by atoms with van der Waals surface area (Å²) in [6.45, 7) is 6.38. The van der Waals surface area contributed by atoms with Crippen LogP contribution in [0.4, 0.5) is 34.1 Å². The van der Waals surface area contributed by atoms with Crippen LogP contribution < -0.4 is 28.7 Å². The van der Waals surface area contributed by atoms with Gasteiger partial charge in [0.05, 0.1) is 11.4 Å². The summed E-state index contributed by atoms with van der Waals surface area (Å²) in [4.78, 5) is 4.64. The number of anilines is 6. The van der Waals surface area contributed by atoms with Crippen LogP contribution in [0.5, 0.6) is 69.0 Å². The molecule has 0 aromatic heterocycles. The molecule has 4 aliphatic heterocycles. The van der Waals surface area contributed by atoms with Crippen LogP contribution in [0.2, 0.25) is 25.1 Å². The van der Waals surface area contributed by atoms with Crippen LogP contribution in [0, 0.1) is 20.8 Å². The van der Waals surface area contributed by atoms with Crippen molar-refractivity contribution in [2.24, 2.45) is 0 Å². The normalized spacial score (nSPS) is 12.1. The molecule has 150 heavy (non-hydrogen) atoms. The van der Waals surface area contributed by atoms with Crippen LogP contribution in [-0.2, 0) is 0 Å². The van der Waals surface area contributed by atoms with Crippen molar-refractivity contribution in [3.63, 3.8) is 0 Å². The zero-order valence-electron chi connectivity index (χ0n) is 80.6. The third-order valence-corrected chi connectivity index (χ3v) is 30.7. The van der Waals surface area contributed by atoms with Gasteiger partial charge in [-0.15, -0.1) is 0 Å². The molecule has 4 N–H and O–H groups in total. The molecule has 0 aliphatic carbocycles. The largest absolute Gasteiger partial charge is 0.507 e. The Bertz CT molecular complexity index is 9870. The number of fused-ring (bicyclic) bond motifs is 10. The summed E-state index contributed by atoms with van der Waals surface area (Å²) in [5.74, 6) is 7.76. The number of phenols is 4. The number of ether oxygens (including phenoxy) is 4. The number of aromatic hydroxyl groups is 4. The average molecular weight is 2040 g/mol. The molecule has 4 heterocycles. The van der Waals surface area contributed by atoms with Gasteiger partial charge in [0.15, 0.2) is 0 Å². The highest BCUT2D eigenvalue weighted by atomic mass is 35.5. The third kappa shape index (κ3) is 15.2. The zero-order valence-corrected chi connectivity index (χ0v) is 84.4. The molecule has 0 amide bonds. The minimum Gasteiger partial charge on any atom is -0.507 e. The van der Waals surface area contributed by atoms with Crippen LogP contribution in [0.25, 0.3) is 194 Å². The molecule has 0 unspecified atom stereocenters. The minimum atomic E-state index is 0.163. The first-order chi connectivity index (χ1) is 73.3. The van der Waals surface area contributed by atoms with Crippen LogP contribution in [0.1, 0.15) is 16.7 Å². The van der Waals surface area contributed by atoms with E-state index < -0.39 is 0 Å². The molecule has 0 saturated heterocycles. The second-order valence-corrected chi connectivity index (χ2v) is 40.7. The summed E-state index contributed by atoms with van der Waals surface area (Å²) in [7, 11) is 0. The quantitative estimate of drug-likeness (QED) is 0.120. The lowest BCUT2D eigenvalue weighted by molar-refractivity contribution is 0.476. The lowest BCUT2D eigenvalue weighted by Crippen LogP contribution is -2.11. The van der Waals surface area contributed by atoms with Crippen molar-refractivity contribution in [1.82, 2.24) is 0 Å². The number of rotatable bonds is 6. The third-order valence-electron chi connectivity index (χ3n) is 29.6. The van der Waals surface area contributed by atoms with Crippen LogP contribution in [0.3, 0.4) is 0 Å². The van der Waals surface area contributed by atoms with E-state index in [1.165, 1.54) is 81.3 Å². The molecule has 4 aliphatic rings. The van der Waals surface area contributed by atoms with Crippen molar-refractivity contribution in [3.05, 3.63) is 466 Å². The van der Waals surface area contributed by atoms with Crippen LogP contribution in [0.15, 0.2) is 425 Å². The molecule has 0 saturated carbocycles. The van der Waals surface area contributed by atoms with E-state index in [9.17, 15) is 20.4 Å². The number of halogens is 5. The van der Waals surface area contributed by atoms with Crippen LogP contribution in [-0.4, -0.2) is 20.4 Å². The van der Waals surface area contributed by atoms with Gasteiger partial charge in [0.25, 0.3) is 0 Å². The molecule has 0 fully saturated rings. The topological polar surface area (TPSA) is 124 Å². The Morgan fingerprint density at radius 2 is 0.433 bits per heavy atom. The van der Waals surface area contributed by atoms with Crippen LogP contribution >= 0.6 is 58.0 Å². The fourth-order valence-electron chi connectivity index (χ4n) is 23.3. The Balaban J connectivity index is 0.0000000917. The van der Waals surface area contributed by atoms with E-state index in [1.807, 2.05) is 152 Å². The van der Waals surface area contributed by atoms with Crippen molar-refractivity contribution in [2.45, 2.75) is 20.8 Å². The number of hydrogen-bond donors (Lipinski definition) is 4. The Morgan fingerprint density at radius 1 is 0.160 bits per heavy atom. The Kier molecular flexibility index (Phi) is 21.9. The van der Waals surface area contributed by atoms with Gasteiger partial charge in [0, 0.05) is 174 Å². The molecule has 0 atom stereocenters. The lowest BCUT2D eigenvalue weighted by Gasteiger charge is -2.30. The van der Waals surface area contributed by atoms with Gasteiger partial charge in [-0.2, -0.15) is 0 Å². The van der Waals surface area contributed by atoms with E-state index in [0.717, 1.165) is 204 Å². The molecule has 28 aromatic carbocycles. The van der Waals surface area contributed by atoms with Gasteiger partial charge in [-0.3, -0.25) is 0 Å².